The summed E-state index contributed by atoms with van der Waals surface area (Å²) >= 11 is 0. The number of hydrogen-bond donors (Lipinski definition) is 0. The molecule has 0 atom stereocenters. The molecule has 0 unspecified atom stereocenters. The van der Waals surface area contributed by atoms with Gasteiger partial charge in [-0.05, 0) is 12.8 Å². The predicted molar refractivity (Wildman–Crippen MR) is 66.9 cm³/mol. The summed E-state index contributed by atoms with van der Waals surface area (Å²) in [5, 5.41) is 7.52. The Morgan fingerprint density at radius 3 is 2.57 bits per heavy atom. The van der Waals surface area contributed by atoms with Crippen LogP contribution in [0.25, 0.3) is 0 Å². The fourth-order valence-corrected chi connectivity index (χ4v) is 1.74. The van der Waals surface area contributed by atoms with Crippen LogP contribution in [0, 0.1) is 0 Å². The molecule has 0 aliphatic carbocycles. The number of hydrogen-bond acceptors (Lipinski definition) is 5. The molecule has 9 heteroatoms. The number of nitrogens with zero attached hydrogens (tertiary/aromatic N) is 3. The van der Waals surface area contributed by atoms with Gasteiger partial charge in [0, 0.05) is 0 Å². The maximum Gasteiger partial charge on any atom is 0.411 e. The summed E-state index contributed by atoms with van der Waals surface area (Å²) in [6, 6.07) is 0. The number of carbonyl (C=O) groups excluding carboxylic acids is 1. The highest BCUT2D eigenvalue weighted by atomic mass is 19.4. The third-order valence-corrected chi connectivity index (χ3v) is 2.50. The van der Waals surface area contributed by atoms with E-state index in [2.05, 4.69) is 15.0 Å². The average Bonchev–Trinajstić information content (AvgIpc) is 2.77. The fourth-order valence-electron chi connectivity index (χ4n) is 1.74. The van der Waals surface area contributed by atoms with Crippen LogP contribution < -0.4 is 0 Å². The van der Waals surface area contributed by atoms with E-state index in [1.165, 1.54) is 4.68 Å². The molecule has 1 rings (SSSR count). The van der Waals surface area contributed by atoms with Crippen molar-refractivity contribution in [2.75, 3.05) is 19.8 Å². The Kier molecular flexibility index (Phi) is 6.13. The number of halogens is 3. The van der Waals surface area contributed by atoms with Crippen molar-refractivity contribution < 1.29 is 27.4 Å². The van der Waals surface area contributed by atoms with Crippen LogP contribution in [0.4, 0.5) is 13.2 Å². The van der Waals surface area contributed by atoms with Gasteiger partial charge in [-0.25, -0.2) is 9.48 Å². The van der Waals surface area contributed by atoms with Crippen LogP contribution in [0.3, 0.4) is 0 Å². The summed E-state index contributed by atoms with van der Waals surface area (Å²) in [5.74, 6) is -0.675. The van der Waals surface area contributed by atoms with Gasteiger partial charge in [0.1, 0.15) is 6.61 Å². The number of carbonyl (C=O) groups is 1. The lowest BCUT2D eigenvalue weighted by atomic mass is 10.1. The summed E-state index contributed by atoms with van der Waals surface area (Å²) < 4.78 is 46.6. The van der Waals surface area contributed by atoms with Crippen LogP contribution in [0.5, 0.6) is 0 Å². The number of ether oxygens (including phenoxy) is 2. The van der Waals surface area contributed by atoms with Crippen LogP contribution in [-0.4, -0.2) is 47.0 Å². The van der Waals surface area contributed by atoms with E-state index in [-0.39, 0.29) is 31.4 Å². The van der Waals surface area contributed by atoms with E-state index in [1.807, 2.05) is 13.8 Å². The Balaban J connectivity index is 2.72. The molecule has 0 saturated carbocycles. The summed E-state index contributed by atoms with van der Waals surface area (Å²) in [5.41, 5.74) is 0.603. The zero-order valence-corrected chi connectivity index (χ0v) is 12.1. The monoisotopic (exact) mass is 309 g/mol. The molecule has 1 heterocycles. The molecular weight excluding hydrogens is 291 g/mol. The van der Waals surface area contributed by atoms with E-state index in [0.717, 1.165) is 0 Å². The van der Waals surface area contributed by atoms with E-state index in [4.69, 9.17) is 4.74 Å². The van der Waals surface area contributed by atoms with Gasteiger partial charge in [-0.15, -0.1) is 5.10 Å². The number of aromatic nitrogens is 3. The van der Waals surface area contributed by atoms with Crippen molar-refractivity contribution in [3.8, 4) is 0 Å². The molecule has 21 heavy (non-hydrogen) atoms. The minimum Gasteiger partial charge on any atom is -0.461 e. The maximum atomic E-state index is 12.0. The molecule has 0 fully saturated rings. The largest absolute Gasteiger partial charge is 0.461 e. The van der Waals surface area contributed by atoms with E-state index in [1.54, 1.807) is 6.92 Å². The standard InChI is InChI=1S/C12H18F3N3O3/c1-4-21-11(19)9-10(8(2)3)18(17-16-9)5-6-20-7-12(13,14)15/h8H,4-7H2,1-3H3. The molecule has 0 bridgehead atoms. The quantitative estimate of drug-likeness (QED) is 0.570. The summed E-state index contributed by atoms with van der Waals surface area (Å²) in [6.07, 6.45) is -4.36. The zero-order chi connectivity index (χ0) is 16.0. The molecule has 6 nitrogen and oxygen atoms in total. The third-order valence-electron chi connectivity index (χ3n) is 2.50. The molecule has 0 aliphatic rings. The second-order valence-corrected chi connectivity index (χ2v) is 4.59. The van der Waals surface area contributed by atoms with Gasteiger partial charge in [0.15, 0.2) is 5.69 Å². The molecule has 0 radical (unpaired) electrons. The summed E-state index contributed by atoms with van der Waals surface area (Å²) in [4.78, 5) is 11.7. The van der Waals surface area contributed by atoms with E-state index < -0.39 is 18.8 Å². The topological polar surface area (TPSA) is 66.2 Å². The van der Waals surface area contributed by atoms with E-state index >= 15 is 0 Å². The molecule has 120 valence electrons. The summed E-state index contributed by atoms with van der Waals surface area (Å²) in [6.45, 7) is 4.12. The third kappa shape index (κ3) is 5.33. The van der Waals surface area contributed by atoms with Gasteiger partial charge in [-0.2, -0.15) is 13.2 Å². The first-order valence-corrected chi connectivity index (χ1v) is 6.51. The SMILES string of the molecule is CCOC(=O)c1nnn(CCOCC(F)(F)F)c1C(C)C. The predicted octanol–water partition coefficient (Wildman–Crippen LogP) is 2.16. The van der Waals surface area contributed by atoms with E-state index in [0.29, 0.717) is 5.69 Å². The lowest BCUT2D eigenvalue weighted by Crippen LogP contribution is -2.20. The molecule has 1 aromatic heterocycles. The van der Waals surface area contributed by atoms with Gasteiger partial charge in [0.25, 0.3) is 0 Å². The van der Waals surface area contributed by atoms with Crippen LogP contribution in [0.1, 0.15) is 42.9 Å². The van der Waals surface area contributed by atoms with Crippen molar-refractivity contribution in [2.24, 2.45) is 0 Å². The molecule has 0 amide bonds. The van der Waals surface area contributed by atoms with Crippen molar-refractivity contribution >= 4 is 5.97 Å². The second-order valence-electron chi connectivity index (χ2n) is 4.59. The highest BCUT2D eigenvalue weighted by Crippen LogP contribution is 2.19. The average molecular weight is 309 g/mol. The van der Waals surface area contributed by atoms with Crippen molar-refractivity contribution in [1.82, 2.24) is 15.0 Å². The number of alkyl halides is 3. The molecular formula is C12H18F3N3O3. The first-order valence-electron chi connectivity index (χ1n) is 6.51. The summed E-state index contributed by atoms with van der Waals surface area (Å²) in [7, 11) is 0. The van der Waals surface area contributed by atoms with Crippen molar-refractivity contribution in [3.63, 3.8) is 0 Å². The van der Waals surface area contributed by atoms with Gasteiger partial charge >= 0.3 is 12.1 Å². The van der Waals surface area contributed by atoms with Gasteiger partial charge in [0.2, 0.25) is 0 Å². The minimum absolute atomic E-state index is 0.0794. The maximum absolute atomic E-state index is 12.0. The van der Waals surface area contributed by atoms with Crippen molar-refractivity contribution in [1.29, 1.82) is 0 Å². The van der Waals surface area contributed by atoms with Gasteiger partial charge in [0.05, 0.1) is 25.5 Å². The van der Waals surface area contributed by atoms with Crippen LogP contribution in [0.15, 0.2) is 0 Å². The Morgan fingerprint density at radius 1 is 1.38 bits per heavy atom. The number of rotatable bonds is 7. The molecule has 1 aromatic rings. The van der Waals surface area contributed by atoms with Crippen LogP contribution in [0.2, 0.25) is 0 Å². The fraction of sp³-hybridized carbons (Fsp3) is 0.750. The van der Waals surface area contributed by atoms with Gasteiger partial charge in [-0.3, -0.25) is 0 Å². The second kappa shape index (κ2) is 7.39. The van der Waals surface area contributed by atoms with Crippen molar-refractivity contribution in [2.45, 2.75) is 39.4 Å². The molecule has 0 saturated heterocycles. The lowest BCUT2D eigenvalue weighted by Gasteiger charge is -2.11. The minimum atomic E-state index is -4.36. The zero-order valence-electron chi connectivity index (χ0n) is 12.1. The molecule has 0 aromatic carbocycles. The Morgan fingerprint density at radius 2 is 2.05 bits per heavy atom. The van der Waals surface area contributed by atoms with Crippen molar-refractivity contribution in [3.05, 3.63) is 11.4 Å². The first kappa shape index (κ1) is 17.4. The van der Waals surface area contributed by atoms with Crippen LogP contribution >= 0.6 is 0 Å². The normalized spacial score (nSPS) is 12.0. The Labute approximate surface area is 120 Å². The van der Waals surface area contributed by atoms with E-state index in [9.17, 15) is 18.0 Å². The molecule has 0 aliphatic heterocycles. The Hall–Kier alpha value is -1.64. The Bertz CT molecular complexity index is 472. The smallest absolute Gasteiger partial charge is 0.411 e. The van der Waals surface area contributed by atoms with Crippen LogP contribution in [-0.2, 0) is 16.0 Å². The first-order chi connectivity index (χ1) is 9.76. The lowest BCUT2D eigenvalue weighted by molar-refractivity contribution is -0.174. The highest BCUT2D eigenvalue weighted by molar-refractivity contribution is 5.88. The molecule has 0 N–H and O–H groups in total. The highest BCUT2D eigenvalue weighted by Gasteiger charge is 2.27. The number of esters is 1. The van der Waals surface area contributed by atoms with Gasteiger partial charge in [-0.1, -0.05) is 19.1 Å². The van der Waals surface area contributed by atoms with Gasteiger partial charge < -0.3 is 9.47 Å². The molecule has 0 spiro atoms.